The molecule has 1 aliphatic heterocycles. The van der Waals surface area contributed by atoms with Gasteiger partial charge in [0.1, 0.15) is 5.78 Å². The molecule has 1 spiro atoms. The topological polar surface area (TPSA) is 35.5 Å². The summed E-state index contributed by atoms with van der Waals surface area (Å²) < 4.78 is 12.6. The largest absolute Gasteiger partial charge is 0.345 e. The van der Waals surface area contributed by atoms with Crippen molar-refractivity contribution < 1.29 is 14.3 Å². The number of ketones is 1. The summed E-state index contributed by atoms with van der Waals surface area (Å²) in [6.07, 6.45) is 7.31. The molecule has 5 aliphatic rings. The normalized spacial score (nSPS) is 60.0. The molecule has 0 aromatic heterocycles. The van der Waals surface area contributed by atoms with E-state index in [0.29, 0.717) is 17.6 Å². The second kappa shape index (κ2) is 3.56. The van der Waals surface area contributed by atoms with Crippen molar-refractivity contribution in [1.29, 1.82) is 0 Å². The molecule has 7 atom stereocenters. The zero-order valence-electron chi connectivity index (χ0n) is 13.4. The Morgan fingerprint density at radius 1 is 1.05 bits per heavy atom. The number of fused-ring (bicyclic) bond motifs is 3. The lowest BCUT2D eigenvalue weighted by Crippen LogP contribution is -2.43. The Bertz CT molecular complexity index is 527. The van der Waals surface area contributed by atoms with E-state index in [-0.39, 0.29) is 23.0 Å². The van der Waals surface area contributed by atoms with Crippen molar-refractivity contribution >= 4 is 5.78 Å². The van der Waals surface area contributed by atoms with Crippen molar-refractivity contribution in [2.75, 3.05) is 0 Å². The summed E-state index contributed by atoms with van der Waals surface area (Å²) in [6, 6.07) is 0. The molecule has 0 amide bonds. The van der Waals surface area contributed by atoms with Gasteiger partial charge in [0.05, 0.1) is 12.2 Å². The standard InChI is InChI=1S/C18H26O3/c1-16(2)20-12-8-10-4-6-13-17(3)11(5-7-14(17)19)9-18(10,13)15(12)21-16/h10-13,15H,4-9H2,1-3H3/t10-,11+,12+,13+,15+,17+,18+/m0/s1. The van der Waals surface area contributed by atoms with Gasteiger partial charge < -0.3 is 9.47 Å². The van der Waals surface area contributed by atoms with Crippen molar-refractivity contribution in [2.24, 2.45) is 28.6 Å². The van der Waals surface area contributed by atoms with Gasteiger partial charge in [0, 0.05) is 17.3 Å². The predicted molar refractivity (Wildman–Crippen MR) is 77.5 cm³/mol. The quantitative estimate of drug-likeness (QED) is 0.686. The summed E-state index contributed by atoms with van der Waals surface area (Å²) in [5.41, 5.74) is 0.188. The van der Waals surface area contributed by atoms with Crippen molar-refractivity contribution in [3.8, 4) is 0 Å². The molecular weight excluding hydrogens is 264 g/mol. The van der Waals surface area contributed by atoms with Gasteiger partial charge in [-0.3, -0.25) is 4.79 Å². The van der Waals surface area contributed by atoms with Crippen LogP contribution in [0.25, 0.3) is 0 Å². The number of ether oxygens (including phenoxy) is 2. The second-order valence-corrected chi connectivity index (χ2v) is 8.92. The fraction of sp³-hybridized carbons (Fsp3) is 0.944. The minimum Gasteiger partial charge on any atom is -0.345 e. The Morgan fingerprint density at radius 2 is 1.86 bits per heavy atom. The van der Waals surface area contributed by atoms with Crippen molar-refractivity contribution in [3.63, 3.8) is 0 Å². The number of hydrogen-bond acceptors (Lipinski definition) is 3. The van der Waals surface area contributed by atoms with Crippen LogP contribution >= 0.6 is 0 Å². The van der Waals surface area contributed by atoms with E-state index in [9.17, 15) is 4.79 Å². The van der Waals surface area contributed by atoms with E-state index in [4.69, 9.17) is 9.47 Å². The molecule has 1 saturated heterocycles. The van der Waals surface area contributed by atoms with Gasteiger partial charge in [0.25, 0.3) is 0 Å². The van der Waals surface area contributed by atoms with Crippen LogP contribution < -0.4 is 0 Å². The summed E-state index contributed by atoms with van der Waals surface area (Å²) in [7, 11) is 0. The van der Waals surface area contributed by atoms with Crippen LogP contribution in [-0.4, -0.2) is 23.8 Å². The molecule has 1 heterocycles. The van der Waals surface area contributed by atoms with E-state index in [2.05, 4.69) is 6.92 Å². The molecule has 5 fully saturated rings. The third-order valence-electron chi connectivity index (χ3n) is 7.94. The fourth-order valence-electron chi connectivity index (χ4n) is 7.31. The van der Waals surface area contributed by atoms with Crippen LogP contribution in [0, 0.1) is 28.6 Å². The maximum Gasteiger partial charge on any atom is 0.163 e. The van der Waals surface area contributed by atoms with Crippen LogP contribution in [-0.2, 0) is 14.3 Å². The first kappa shape index (κ1) is 13.1. The fourth-order valence-corrected chi connectivity index (χ4v) is 7.31. The lowest BCUT2D eigenvalue weighted by Gasteiger charge is -2.39. The highest BCUT2D eigenvalue weighted by atomic mass is 16.8. The van der Waals surface area contributed by atoms with Crippen molar-refractivity contribution in [3.05, 3.63) is 0 Å². The maximum atomic E-state index is 12.7. The average molecular weight is 290 g/mol. The predicted octanol–water partition coefficient (Wildman–Crippen LogP) is 3.31. The Kier molecular flexibility index (Phi) is 2.22. The first-order valence-corrected chi connectivity index (χ1v) is 8.77. The lowest BCUT2D eigenvalue weighted by molar-refractivity contribution is -0.173. The third-order valence-corrected chi connectivity index (χ3v) is 7.94. The molecule has 0 aromatic rings. The van der Waals surface area contributed by atoms with Gasteiger partial charge in [-0.2, -0.15) is 0 Å². The van der Waals surface area contributed by atoms with Gasteiger partial charge >= 0.3 is 0 Å². The van der Waals surface area contributed by atoms with Gasteiger partial charge in [0.15, 0.2) is 5.79 Å². The first-order chi connectivity index (χ1) is 9.88. The maximum absolute atomic E-state index is 12.7. The summed E-state index contributed by atoms with van der Waals surface area (Å²) in [4.78, 5) is 12.7. The number of Topliss-reactive ketones (excluding diaryl/α,β-unsaturated/α-hetero) is 1. The minimum absolute atomic E-state index is 0.0558. The summed E-state index contributed by atoms with van der Waals surface area (Å²) in [6.45, 7) is 6.37. The van der Waals surface area contributed by atoms with Crippen molar-refractivity contribution in [1.82, 2.24) is 0 Å². The average Bonchev–Trinajstić information content (AvgIpc) is 3.08. The monoisotopic (exact) mass is 290 g/mol. The van der Waals surface area contributed by atoms with Crippen LogP contribution in [0.15, 0.2) is 0 Å². The van der Waals surface area contributed by atoms with Gasteiger partial charge in [0.2, 0.25) is 0 Å². The SMILES string of the molecule is CC1(C)O[C@@H]2[C@@H](C[C@@H]3CC[C@@H]4[C@]5(C)C(=O)CC[C@@H]5C[C@]324)O1. The Hall–Kier alpha value is -0.410. The number of rotatable bonds is 0. The van der Waals surface area contributed by atoms with Crippen LogP contribution in [0.1, 0.15) is 59.3 Å². The van der Waals surface area contributed by atoms with E-state index in [1.807, 2.05) is 13.8 Å². The third kappa shape index (κ3) is 1.29. The highest BCUT2D eigenvalue weighted by Crippen LogP contribution is 2.75. The second-order valence-electron chi connectivity index (χ2n) is 8.92. The van der Waals surface area contributed by atoms with Crippen LogP contribution in [0.5, 0.6) is 0 Å². The van der Waals surface area contributed by atoms with Gasteiger partial charge in [-0.25, -0.2) is 0 Å². The summed E-state index contributed by atoms with van der Waals surface area (Å²) >= 11 is 0. The van der Waals surface area contributed by atoms with E-state index in [0.717, 1.165) is 25.2 Å². The molecule has 0 unspecified atom stereocenters. The Labute approximate surface area is 126 Å². The van der Waals surface area contributed by atoms with Crippen LogP contribution in [0.3, 0.4) is 0 Å². The molecule has 0 radical (unpaired) electrons. The molecule has 4 saturated carbocycles. The first-order valence-electron chi connectivity index (χ1n) is 8.77. The molecule has 3 nitrogen and oxygen atoms in total. The Morgan fingerprint density at radius 3 is 2.67 bits per heavy atom. The highest BCUT2D eigenvalue weighted by molar-refractivity contribution is 5.88. The van der Waals surface area contributed by atoms with Gasteiger partial charge in [-0.1, -0.05) is 6.92 Å². The molecule has 116 valence electrons. The van der Waals surface area contributed by atoms with E-state index < -0.39 is 5.79 Å². The van der Waals surface area contributed by atoms with Crippen LogP contribution in [0.4, 0.5) is 0 Å². The number of hydrogen-bond donors (Lipinski definition) is 0. The van der Waals surface area contributed by atoms with E-state index in [1.54, 1.807) is 0 Å². The van der Waals surface area contributed by atoms with Gasteiger partial charge in [-0.15, -0.1) is 0 Å². The number of carbonyl (C=O) groups excluding carboxylic acids is 1. The summed E-state index contributed by atoms with van der Waals surface area (Å²) in [5, 5.41) is 0. The molecule has 5 rings (SSSR count). The molecule has 21 heavy (non-hydrogen) atoms. The van der Waals surface area contributed by atoms with Crippen molar-refractivity contribution in [2.45, 2.75) is 77.3 Å². The van der Waals surface area contributed by atoms with E-state index >= 15 is 0 Å². The smallest absolute Gasteiger partial charge is 0.163 e. The molecule has 0 aromatic carbocycles. The number of carbonyl (C=O) groups is 1. The molecule has 0 N–H and O–H groups in total. The molecular formula is C18H26O3. The van der Waals surface area contributed by atoms with E-state index in [1.165, 1.54) is 19.3 Å². The molecule has 0 bridgehead atoms. The summed E-state index contributed by atoms with van der Waals surface area (Å²) in [5.74, 6) is 1.97. The molecule has 3 heteroatoms. The van der Waals surface area contributed by atoms with Gasteiger partial charge in [-0.05, 0) is 63.7 Å². The van der Waals surface area contributed by atoms with Crippen LogP contribution in [0.2, 0.25) is 0 Å². The highest BCUT2D eigenvalue weighted by Gasteiger charge is 2.75. The minimum atomic E-state index is -0.440. The Balaban J connectivity index is 1.60. The zero-order valence-corrected chi connectivity index (χ0v) is 13.4. The zero-order chi connectivity index (χ0) is 14.6. The molecule has 4 aliphatic carbocycles. The lowest BCUT2D eigenvalue weighted by atomic mass is 9.67.